The second-order valence-electron chi connectivity index (χ2n) is 5.03. The predicted molar refractivity (Wildman–Crippen MR) is 63.2 cm³/mol. The van der Waals surface area contributed by atoms with Crippen molar-refractivity contribution in [3.63, 3.8) is 0 Å². The third-order valence-electron chi connectivity index (χ3n) is 3.96. The standard InChI is InChI=1S/C13H23NO2/c1-2-11-6-8-14(9-7-11)13(15)12-5-3-4-10-16-12/h11-12H,2-10H2,1H3. The Morgan fingerprint density at radius 3 is 2.56 bits per heavy atom. The molecule has 0 aliphatic carbocycles. The van der Waals surface area contributed by atoms with Gasteiger partial charge in [-0.25, -0.2) is 0 Å². The van der Waals surface area contributed by atoms with Gasteiger partial charge in [0.25, 0.3) is 5.91 Å². The zero-order valence-electron chi connectivity index (χ0n) is 10.3. The van der Waals surface area contributed by atoms with E-state index in [1.807, 2.05) is 4.90 Å². The summed E-state index contributed by atoms with van der Waals surface area (Å²) in [5.74, 6) is 1.07. The molecule has 92 valence electrons. The Bertz CT molecular complexity index is 228. The summed E-state index contributed by atoms with van der Waals surface area (Å²) in [6.45, 7) is 4.89. The fraction of sp³-hybridized carbons (Fsp3) is 0.923. The van der Waals surface area contributed by atoms with Gasteiger partial charge in [0, 0.05) is 19.7 Å². The number of hydrogen-bond donors (Lipinski definition) is 0. The first kappa shape index (κ1) is 11.9. The maximum absolute atomic E-state index is 12.1. The first-order valence-electron chi connectivity index (χ1n) is 6.71. The molecule has 0 saturated carbocycles. The minimum Gasteiger partial charge on any atom is -0.368 e. The average molecular weight is 225 g/mol. The van der Waals surface area contributed by atoms with Crippen LogP contribution in [0, 0.1) is 5.92 Å². The largest absolute Gasteiger partial charge is 0.368 e. The second kappa shape index (κ2) is 5.67. The first-order valence-corrected chi connectivity index (χ1v) is 6.71. The molecule has 0 aromatic rings. The Morgan fingerprint density at radius 1 is 1.25 bits per heavy atom. The van der Waals surface area contributed by atoms with Crippen LogP contribution < -0.4 is 0 Å². The number of carbonyl (C=O) groups excluding carboxylic acids is 1. The lowest BCUT2D eigenvalue weighted by Crippen LogP contribution is -2.45. The molecule has 0 aromatic heterocycles. The van der Waals surface area contributed by atoms with E-state index in [9.17, 15) is 4.79 Å². The van der Waals surface area contributed by atoms with E-state index in [4.69, 9.17) is 4.74 Å². The van der Waals surface area contributed by atoms with Crippen molar-refractivity contribution >= 4 is 5.91 Å². The van der Waals surface area contributed by atoms with E-state index in [1.165, 1.54) is 19.3 Å². The molecule has 0 radical (unpaired) electrons. The van der Waals surface area contributed by atoms with Crippen molar-refractivity contribution in [2.45, 2.75) is 51.6 Å². The van der Waals surface area contributed by atoms with Crippen molar-refractivity contribution < 1.29 is 9.53 Å². The Labute approximate surface area is 98.1 Å². The maximum atomic E-state index is 12.1. The summed E-state index contributed by atoms with van der Waals surface area (Å²) in [6.07, 6.45) is 6.65. The summed E-state index contributed by atoms with van der Waals surface area (Å²) in [6, 6.07) is 0. The van der Waals surface area contributed by atoms with Gasteiger partial charge in [-0.15, -0.1) is 0 Å². The highest BCUT2D eigenvalue weighted by molar-refractivity contribution is 5.81. The lowest BCUT2D eigenvalue weighted by molar-refractivity contribution is -0.147. The van der Waals surface area contributed by atoms with Crippen LogP contribution in [0.25, 0.3) is 0 Å². The number of carbonyl (C=O) groups is 1. The predicted octanol–water partition coefficient (Wildman–Crippen LogP) is 2.20. The highest BCUT2D eigenvalue weighted by atomic mass is 16.5. The van der Waals surface area contributed by atoms with Gasteiger partial charge < -0.3 is 9.64 Å². The monoisotopic (exact) mass is 225 g/mol. The van der Waals surface area contributed by atoms with Crippen LogP contribution in [0.1, 0.15) is 45.4 Å². The minimum absolute atomic E-state index is 0.132. The third-order valence-corrected chi connectivity index (χ3v) is 3.96. The van der Waals surface area contributed by atoms with Gasteiger partial charge in [-0.05, 0) is 38.0 Å². The van der Waals surface area contributed by atoms with Gasteiger partial charge in [-0.2, -0.15) is 0 Å². The number of rotatable bonds is 2. The molecule has 1 atom stereocenters. The Hall–Kier alpha value is -0.570. The molecule has 2 aliphatic rings. The number of amides is 1. The summed E-state index contributed by atoms with van der Waals surface area (Å²) < 4.78 is 5.55. The number of nitrogens with zero attached hydrogens (tertiary/aromatic N) is 1. The van der Waals surface area contributed by atoms with Crippen LogP contribution in [0.4, 0.5) is 0 Å². The molecule has 2 rings (SSSR count). The van der Waals surface area contributed by atoms with E-state index in [0.29, 0.717) is 0 Å². The molecule has 0 bridgehead atoms. The molecule has 3 heteroatoms. The van der Waals surface area contributed by atoms with Crippen molar-refractivity contribution in [3.05, 3.63) is 0 Å². The van der Waals surface area contributed by atoms with Crippen molar-refractivity contribution in [1.82, 2.24) is 4.90 Å². The van der Waals surface area contributed by atoms with Crippen LogP contribution in [0.3, 0.4) is 0 Å². The lowest BCUT2D eigenvalue weighted by atomic mass is 9.94. The van der Waals surface area contributed by atoms with E-state index in [2.05, 4.69) is 6.92 Å². The molecule has 2 saturated heterocycles. The fourth-order valence-corrected chi connectivity index (χ4v) is 2.70. The van der Waals surface area contributed by atoms with Crippen molar-refractivity contribution in [2.75, 3.05) is 19.7 Å². The maximum Gasteiger partial charge on any atom is 0.251 e. The van der Waals surface area contributed by atoms with Crippen LogP contribution in [0.5, 0.6) is 0 Å². The normalized spacial score (nSPS) is 28.1. The topological polar surface area (TPSA) is 29.5 Å². The van der Waals surface area contributed by atoms with Crippen LogP contribution in [-0.4, -0.2) is 36.6 Å². The smallest absolute Gasteiger partial charge is 0.251 e. The number of hydrogen-bond acceptors (Lipinski definition) is 2. The zero-order chi connectivity index (χ0) is 11.4. The van der Waals surface area contributed by atoms with Gasteiger partial charge in [0.05, 0.1) is 0 Å². The van der Waals surface area contributed by atoms with Gasteiger partial charge >= 0.3 is 0 Å². The molecule has 1 unspecified atom stereocenters. The van der Waals surface area contributed by atoms with Crippen molar-refractivity contribution in [3.8, 4) is 0 Å². The van der Waals surface area contributed by atoms with Crippen LogP contribution in [0.2, 0.25) is 0 Å². The van der Waals surface area contributed by atoms with Crippen LogP contribution in [-0.2, 0) is 9.53 Å². The second-order valence-corrected chi connectivity index (χ2v) is 5.03. The van der Waals surface area contributed by atoms with E-state index in [0.717, 1.165) is 44.9 Å². The molecule has 16 heavy (non-hydrogen) atoms. The van der Waals surface area contributed by atoms with E-state index >= 15 is 0 Å². The molecule has 2 heterocycles. The van der Waals surface area contributed by atoms with Crippen LogP contribution in [0.15, 0.2) is 0 Å². The molecule has 0 spiro atoms. The highest BCUT2D eigenvalue weighted by Gasteiger charge is 2.29. The SMILES string of the molecule is CCC1CCN(C(=O)C2CCCCO2)CC1. The summed E-state index contributed by atoms with van der Waals surface area (Å²) >= 11 is 0. The average Bonchev–Trinajstić information content (AvgIpc) is 2.39. The Kier molecular flexibility index (Phi) is 4.22. The Morgan fingerprint density at radius 2 is 2.00 bits per heavy atom. The number of likely N-dealkylation sites (tertiary alicyclic amines) is 1. The molecule has 3 nitrogen and oxygen atoms in total. The van der Waals surface area contributed by atoms with Gasteiger partial charge in [-0.1, -0.05) is 13.3 Å². The summed E-state index contributed by atoms with van der Waals surface area (Å²) in [5, 5.41) is 0. The first-order chi connectivity index (χ1) is 7.81. The lowest BCUT2D eigenvalue weighted by Gasteiger charge is -2.34. The van der Waals surface area contributed by atoms with Gasteiger partial charge in [-0.3, -0.25) is 4.79 Å². The molecular weight excluding hydrogens is 202 g/mol. The number of ether oxygens (including phenoxy) is 1. The highest BCUT2D eigenvalue weighted by Crippen LogP contribution is 2.22. The minimum atomic E-state index is -0.132. The summed E-state index contributed by atoms with van der Waals surface area (Å²) in [4.78, 5) is 14.2. The van der Waals surface area contributed by atoms with Crippen LogP contribution >= 0.6 is 0 Å². The van der Waals surface area contributed by atoms with E-state index in [1.54, 1.807) is 0 Å². The zero-order valence-corrected chi connectivity index (χ0v) is 10.3. The molecule has 2 fully saturated rings. The fourth-order valence-electron chi connectivity index (χ4n) is 2.70. The van der Waals surface area contributed by atoms with Crippen molar-refractivity contribution in [2.24, 2.45) is 5.92 Å². The molecular formula is C13H23NO2. The molecule has 1 amide bonds. The Balaban J connectivity index is 1.81. The summed E-state index contributed by atoms with van der Waals surface area (Å²) in [5.41, 5.74) is 0. The van der Waals surface area contributed by atoms with E-state index < -0.39 is 0 Å². The van der Waals surface area contributed by atoms with Gasteiger partial charge in [0.2, 0.25) is 0 Å². The molecule has 2 aliphatic heterocycles. The van der Waals surface area contributed by atoms with E-state index in [-0.39, 0.29) is 12.0 Å². The molecule has 0 aromatic carbocycles. The van der Waals surface area contributed by atoms with Gasteiger partial charge in [0.15, 0.2) is 0 Å². The third kappa shape index (κ3) is 2.76. The van der Waals surface area contributed by atoms with Gasteiger partial charge in [0.1, 0.15) is 6.10 Å². The number of piperidine rings is 1. The molecule has 0 N–H and O–H groups in total. The summed E-state index contributed by atoms with van der Waals surface area (Å²) in [7, 11) is 0. The quantitative estimate of drug-likeness (QED) is 0.721. The van der Waals surface area contributed by atoms with Crippen molar-refractivity contribution in [1.29, 1.82) is 0 Å².